The molecule has 6 rings (SSSR count). The molecule has 3 aromatic carbocycles. The zero-order valence-corrected chi connectivity index (χ0v) is 45.0. The maximum absolute atomic E-state index is 14.3. The molecule has 0 bridgehead atoms. The van der Waals surface area contributed by atoms with Crippen LogP contribution in [0.3, 0.4) is 0 Å². The van der Waals surface area contributed by atoms with Gasteiger partial charge < -0.3 is 39.4 Å². The predicted molar refractivity (Wildman–Crippen MR) is 279 cm³/mol. The van der Waals surface area contributed by atoms with E-state index < -0.39 is 49.8 Å². The molecule has 394 valence electrons. The highest BCUT2D eigenvalue weighted by Gasteiger charge is 2.44. The van der Waals surface area contributed by atoms with Crippen LogP contribution in [0.15, 0.2) is 88.7 Å². The maximum atomic E-state index is 14.3. The van der Waals surface area contributed by atoms with E-state index in [9.17, 15) is 26.7 Å². The van der Waals surface area contributed by atoms with E-state index >= 15 is 0 Å². The molecule has 3 fully saturated rings. The summed E-state index contributed by atoms with van der Waals surface area (Å²) in [6.07, 6.45) is 1.80. The topological polar surface area (TPSA) is 227 Å². The van der Waals surface area contributed by atoms with Gasteiger partial charge in [-0.1, -0.05) is 84.0 Å². The minimum Gasteiger partial charge on any atom is -0.443 e. The number of anilines is 2. The lowest BCUT2D eigenvalue weighted by Gasteiger charge is -2.35. The third-order valence-electron chi connectivity index (χ3n) is 13.1. The number of ether oxygens (including phenoxy) is 3. The van der Waals surface area contributed by atoms with Gasteiger partial charge in [-0.05, 0) is 104 Å². The SMILES string of the molecule is CN(B1CO1)c1cccc(S(=O)(=O)N(CC(O)[C@H](Cc2ccccc2)NC(=O)OC2COC3OCCC23)CC(C)(C)CCCC#N)c1.CNc1cccc(S(=O)(=O)N(CC(C)C)CC(C)(C)CCCC#N)c1. The van der Waals surface area contributed by atoms with Crippen LogP contribution in [0.2, 0.25) is 0 Å². The lowest BCUT2D eigenvalue weighted by atomic mass is 9.87. The number of nitriles is 2. The summed E-state index contributed by atoms with van der Waals surface area (Å²) in [4.78, 5) is 15.5. The molecule has 0 radical (unpaired) electrons. The van der Waals surface area contributed by atoms with Crippen molar-refractivity contribution in [2.45, 2.75) is 127 Å². The van der Waals surface area contributed by atoms with E-state index in [0.717, 1.165) is 30.5 Å². The zero-order valence-electron chi connectivity index (χ0n) is 43.3. The predicted octanol–water partition coefficient (Wildman–Crippen LogP) is 7.45. The molecule has 3 aliphatic rings. The molecule has 3 heterocycles. The fourth-order valence-electron chi connectivity index (χ4n) is 9.07. The van der Waals surface area contributed by atoms with Crippen molar-refractivity contribution in [2.75, 3.05) is 70.1 Å². The summed E-state index contributed by atoms with van der Waals surface area (Å²) in [6, 6.07) is 26.4. The van der Waals surface area contributed by atoms with Crippen LogP contribution in [0.4, 0.5) is 16.2 Å². The highest BCUT2D eigenvalue weighted by atomic mass is 32.2. The maximum Gasteiger partial charge on any atom is 0.440 e. The van der Waals surface area contributed by atoms with Crippen LogP contribution in [-0.2, 0) is 45.3 Å². The van der Waals surface area contributed by atoms with Gasteiger partial charge in [-0.2, -0.15) is 19.1 Å². The van der Waals surface area contributed by atoms with E-state index in [1.165, 1.54) is 4.31 Å². The molecule has 3 aliphatic heterocycles. The van der Waals surface area contributed by atoms with Gasteiger partial charge in [-0.25, -0.2) is 21.6 Å². The number of benzene rings is 3. The molecule has 17 nitrogen and oxygen atoms in total. The van der Waals surface area contributed by atoms with Crippen LogP contribution >= 0.6 is 0 Å². The van der Waals surface area contributed by atoms with Crippen molar-refractivity contribution in [3.63, 3.8) is 0 Å². The fraction of sp³-hybridized carbons (Fsp3) is 0.596. The van der Waals surface area contributed by atoms with Crippen molar-refractivity contribution >= 4 is 44.6 Å². The Hall–Kier alpha value is -4.77. The number of unbranched alkanes of at least 4 members (excludes halogenated alkanes) is 2. The Morgan fingerprint density at radius 1 is 0.861 bits per heavy atom. The van der Waals surface area contributed by atoms with E-state index in [1.54, 1.807) is 47.8 Å². The molecule has 72 heavy (non-hydrogen) atoms. The van der Waals surface area contributed by atoms with Crippen LogP contribution in [-0.4, -0.2) is 128 Å². The Bertz CT molecular complexity index is 2520. The van der Waals surface area contributed by atoms with Crippen LogP contribution in [0.25, 0.3) is 0 Å². The van der Waals surface area contributed by atoms with Gasteiger partial charge in [0, 0.05) is 57.4 Å². The van der Waals surface area contributed by atoms with Gasteiger partial charge in [-0.15, -0.1) is 0 Å². The number of amides is 1. The number of rotatable bonds is 26. The molecule has 0 spiro atoms. The molecule has 3 saturated heterocycles. The van der Waals surface area contributed by atoms with E-state index in [2.05, 4.69) is 36.6 Å². The minimum absolute atomic E-state index is 0.0524. The Morgan fingerprint density at radius 3 is 2.01 bits per heavy atom. The van der Waals surface area contributed by atoms with Crippen LogP contribution in [0.5, 0.6) is 0 Å². The van der Waals surface area contributed by atoms with Gasteiger partial charge in [0.1, 0.15) is 6.10 Å². The third-order valence-corrected chi connectivity index (χ3v) is 16.7. The van der Waals surface area contributed by atoms with Gasteiger partial charge in [-0.3, -0.25) is 0 Å². The largest absolute Gasteiger partial charge is 0.443 e. The Labute approximate surface area is 429 Å². The highest BCUT2D eigenvalue weighted by Crippen LogP contribution is 2.34. The van der Waals surface area contributed by atoms with Gasteiger partial charge in [0.15, 0.2) is 6.29 Å². The van der Waals surface area contributed by atoms with E-state index in [-0.39, 0.29) is 61.6 Å². The fourth-order valence-corrected chi connectivity index (χ4v) is 12.6. The Morgan fingerprint density at radius 2 is 1.44 bits per heavy atom. The van der Waals surface area contributed by atoms with Gasteiger partial charge in [0.2, 0.25) is 20.0 Å². The van der Waals surface area contributed by atoms with E-state index in [4.69, 9.17) is 29.4 Å². The summed E-state index contributed by atoms with van der Waals surface area (Å²) in [7, 11) is -4.16. The summed E-state index contributed by atoms with van der Waals surface area (Å²) >= 11 is 0. The number of nitrogens with one attached hydrogen (secondary N) is 2. The Kier molecular flexibility index (Phi) is 21.4. The number of carbonyl (C=O) groups excluding carboxylic acids is 1. The molecule has 3 N–H and O–H groups in total. The molecule has 20 heteroatoms. The Balaban J connectivity index is 0.000000326. The summed E-state index contributed by atoms with van der Waals surface area (Å²) in [6.45, 7) is 14.2. The number of aliphatic hydroxyl groups excluding tert-OH is 1. The second-order valence-corrected chi connectivity index (χ2v) is 24.9. The summed E-state index contributed by atoms with van der Waals surface area (Å²) in [5.41, 5.74) is 1.64. The first-order chi connectivity index (χ1) is 34.1. The van der Waals surface area contributed by atoms with Crippen LogP contribution in [0, 0.1) is 45.3 Å². The monoisotopic (exact) mass is 1030 g/mol. The van der Waals surface area contributed by atoms with Gasteiger partial charge >= 0.3 is 13.1 Å². The van der Waals surface area contributed by atoms with Crippen molar-refractivity contribution in [1.82, 2.24) is 13.9 Å². The zero-order chi connectivity index (χ0) is 52.7. The second-order valence-electron chi connectivity index (χ2n) is 21.0. The first-order valence-electron chi connectivity index (χ1n) is 25.0. The van der Waals surface area contributed by atoms with Crippen molar-refractivity contribution in [1.29, 1.82) is 10.5 Å². The van der Waals surface area contributed by atoms with Crippen LogP contribution in [0.1, 0.15) is 92.1 Å². The normalized spacial score (nSPS) is 18.6. The molecule has 0 saturated carbocycles. The number of alkyl carbamates (subject to hydrolysis) is 1. The molecular weight excluding hydrogens is 958 g/mol. The van der Waals surface area contributed by atoms with Gasteiger partial charge in [0.05, 0.1) is 59.7 Å². The number of hydrogen-bond acceptors (Lipinski definition) is 14. The number of hydrogen-bond donors (Lipinski definition) is 3. The van der Waals surface area contributed by atoms with Gasteiger partial charge in [0.25, 0.3) is 0 Å². The molecule has 3 aromatic rings. The molecule has 5 atom stereocenters. The van der Waals surface area contributed by atoms with Crippen molar-refractivity contribution in [3.8, 4) is 12.1 Å². The summed E-state index contributed by atoms with van der Waals surface area (Å²) in [5.74, 6) is 0.181. The average molecular weight is 1030 g/mol. The smallest absolute Gasteiger partial charge is 0.440 e. The molecule has 0 aliphatic carbocycles. The standard InChI is InChI=1S/C33H45BN4O8S.C19H31N3O2S/c1-33(2,15-7-8-16-35)22-38(47(41,42)26-13-9-12-25(19-26)37(3)34-23-45-34)20-29(39)28(18-24-10-5-4-6-11-24)36-32(40)46-30-21-44-31-27(30)14-17-43-31;1-16(2)14-22(15-19(3,4)11-6-7-12-20)25(23,24)18-10-8-9-17(13-18)21-5/h4-6,9-13,19,27-31,39H,7-8,14-15,17-18,20-23H2,1-3H3,(H,36,40);8-10,13,16,21H,6-7,11,14-15H2,1-5H3/t27?,28-,29?,30?,31?;/m0./s1. The highest BCUT2D eigenvalue weighted by molar-refractivity contribution is 7.89. The summed E-state index contributed by atoms with van der Waals surface area (Å²) in [5, 5.41) is 35.4. The molecule has 4 unspecified atom stereocenters. The number of carbonyl (C=O) groups is 1. The third kappa shape index (κ3) is 17.2. The quantitative estimate of drug-likeness (QED) is 0.0404. The first kappa shape index (κ1) is 58.1. The first-order valence-corrected chi connectivity index (χ1v) is 27.9. The van der Waals surface area contributed by atoms with E-state index in [1.807, 2.05) is 82.0 Å². The van der Waals surface area contributed by atoms with E-state index in [0.29, 0.717) is 62.5 Å². The molecular formula is C52H76BN7O10S2. The average Bonchev–Trinajstić information content (AvgIpc) is 3.97. The van der Waals surface area contributed by atoms with Crippen molar-refractivity contribution < 1.29 is 45.6 Å². The van der Waals surface area contributed by atoms with Crippen molar-refractivity contribution in [2.24, 2.45) is 22.7 Å². The van der Waals surface area contributed by atoms with Crippen molar-refractivity contribution in [3.05, 3.63) is 84.4 Å². The summed E-state index contributed by atoms with van der Waals surface area (Å²) < 4.78 is 80.3. The second kappa shape index (κ2) is 26.4. The number of aliphatic hydroxyl groups is 1. The molecule has 0 aromatic heterocycles. The minimum atomic E-state index is -4.12. The number of nitrogens with zero attached hydrogens (tertiary/aromatic N) is 5. The van der Waals surface area contributed by atoms with Crippen LogP contribution < -0.4 is 15.4 Å². The molecule has 1 amide bonds. The number of sulfonamides is 2. The number of fused-ring (bicyclic) bond motifs is 1. The lowest BCUT2D eigenvalue weighted by Crippen LogP contribution is -2.52. The lowest BCUT2D eigenvalue weighted by molar-refractivity contribution is -0.0907.